The molecule has 0 saturated carbocycles. The first kappa shape index (κ1) is 15.0. The Morgan fingerprint density at radius 1 is 1.50 bits per heavy atom. The second-order valence-electron chi connectivity index (χ2n) is 4.30. The van der Waals surface area contributed by atoms with Gasteiger partial charge < -0.3 is 5.32 Å². The summed E-state index contributed by atoms with van der Waals surface area (Å²) in [6.45, 7) is 4.19. The second kappa shape index (κ2) is 7.38. The molecule has 1 N–H and O–H groups in total. The zero-order chi connectivity index (χ0) is 13.5. The average Bonchev–Trinajstić information content (AvgIpc) is 2.38. The molecular weight excluding hydrogens is 248 g/mol. The fourth-order valence-electron chi connectivity index (χ4n) is 1.84. The zero-order valence-electron chi connectivity index (χ0n) is 11.1. The Morgan fingerprint density at radius 3 is 2.78 bits per heavy atom. The van der Waals surface area contributed by atoms with Crippen LogP contribution in [0.4, 0.5) is 5.69 Å². The van der Waals surface area contributed by atoms with Crippen LogP contribution in [-0.2, 0) is 0 Å². The van der Waals surface area contributed by atoms with Gasteiger partial charge in [0.25, 0.3) is 5.69 Å². The molecule has 0 fully saturated rings. The number of hydrogen-bond acceptors (Lipinski definition) is 4. The zero-order valence-corrected chi connectivity index (χ0v) is 11.9. The molecule has 2 atom stereocenters. The molecule has 0 aliphatic carbocycles. The third kappa shape index (κ3) is 4.31. The van der Waals surface area contributed by atoms with Crippen LogP contribution in [0.1, 0.15) is 31.9 Å². The van der Waals surface area contributed by atoms with E-state index in [0.29, 0.717) is 6.04 Å². The molecular formula is C13H20N2O2S. The van der Waals surface area contributed by atoms with E-state index in [1.165, 1.54) is 6.07 Å². The number of rotatable bonds is 7. The molecule has 0 amide bonds. The molecule has 1 rings (SSSR count). The number of thioether (sulfide) groups is 1. The second-order valence-corrected chi connectivity index (χ2v) is 5.21. The summed E-state index contributed by atoms with van der Waals surface area (Å²) in [6.07, 6.45) is 3.14. The molecule has 0 heterocycles. The minimum Gasteiger partial charge on any atom is -0.307 e. The van der Waals surface area contributed by atoms with Gasteiger partial charge in [-0.3, -0.25) is 10.1 Å². The van der Waals surface area contributed by atoms with Gasteiger partial charge in [-0.1, -0.05) is 19.1 Å². The molecule has 0 radical (unpaired) electrons. The lowest BCUT2D eigenvalue weighted by Gasteiger charge is -2.21. The third-order valence-electron chi connectivity index (χ3n) is 2.93. The van der Waals surface area contributed by atoms with E-state index in [4.69, 9.17) is 0 Å². The molecule has 100 valence electrons. The van der Waals surface area contributed by atoms with Crippen LogP contribution in [0.25, 0.3) is 0 Å². The maximum Gasteiger partial charge on any atom is 0.269 e. The smallest absolute Gasteiger partial charge is 0.269 e. The van der Waals surface area contributed by atoms with Crippen LogP contribution in [0.5, 0.6) is 0 Å². The molecule has 2 unspecified atom stereocenters. The number of nitrogens with one attached hydrogen (secondary N) is 1. The quantitative estimate of drug-likeness (QED) is 0.608. The molecule has 0 bridgehead atoms. The van der Waals surface area contributed by atoms with Crippen molar-refractivity contribution in [2.75, 3.05) is 12.0 Å². The Balaban J connectivity index is 2.73. The lowest BCUT2D eigenvalue weighted by Crippen LogP contribution is -2.32. The Kier molecular flexibility index (Phi) is 6.15. The molecule has 1 aromatic rings. The number of hydrogen-bond donors (Lipinski definition) is 1. The van der Waals surface area contributed by atoms with Crippen molar-refractivity contribution in [1.82, 2.24) is 5.32 Å². The van der Waals surface area contributed by atoms with Crippen LogP contribution >= 0.6 is 11.8 Å². The predicted molar refractivity (Wildman–Crippen MR) is 77.1 cm³/mol. The molecule has 0 aromatic heterocycles. The summed E-state index contributed by atoms with van der Waals surface area (Å²) >= 11 is 1.81. The van der Waals surface area contributed by atoms with Gasteiger partial charge in [0, 0.05) is 30.0 Å². The number of nitro groups is 1. The van der Waals surface area contributed by atoms with Crippen molar-refractivity contribution in [3.63, 3.8) is 0 Å². The van der Waals surface area contributed by atoms with Crippen LogP contribution in [0.3, 0.4) is 0 Å². The Bertz CT molecular complexity index is 398. The van der Waals surface area contributed by atoms with E-state index < -0.39 is 0 Å². The summed E-state index contributed by atoms with van der Waals surface area (Å²) in [5.41, 5.74) is 1.11. The number of benzene rings is 1. The summed E-state index contributed by atoms with van der Waals surface area (Å²) < 4.78 is 0. The molecule has 5 heteroatoms. The first-order valence-electron chi connectivity index (χ1n) is 6.07. The highest BCUT2D eigenvalue weighted by Gasteiger charge is 2.14. The highest BCUT2D eigenvalue weighted by molar-refractivity contribution is 7.98. The van der Waals surface area contributed by atoms with Gasteiger partial charge in [-0.05, 0) is 25.2 Å². The van der Waals surface area contributed by atoms with Crippen LogP contribution in [0.15, 0.2) is 24.3 Å². The molecule has 4 nitrogen and oxygen atoms in total. The fourth-order valence-corrected chi connectivity index (χ4v) is 2.58. The van der Waals surface area contributed by atoms with Crippen molar-refractivity contribution in [2.24, 2.45) is 0 Å². The van der Waals surface area contributed by atoms with Crippen LogP contribution in [-0.4, -0.2) is 23.0 Å². The van der Waals surface area contributed by atoms with Gasteiger partial charge in [0.2, 0.25) is 0 Å². The molecule has 18 heavy (non-hydrogen) atoms. The Morgan fingerprint density at radius 2 is 2.22 bits per heavy atom. The van der Waals surface area contributed by atoms with Crippen molar-refractivity contribution < 1.29 is 4.92 Å². The van der Waals surface area contributed by atoms with E-state index >= 15 is 0 Å². The number of non-ortho nitro benzene ring substituents is 1. The van der Waals surface area contributed by atoms with E-state index in [9.17, 15) is 10.1 Å². The van der Waals surface area contributed by atoms with E-state index in [2.05, 4.69) is 18.5 Å². The van der Waals surface area contributed by atoms with Gasteiger partial charge in [-0.15, -0.1) is 0 Å². The van der Waals surface area contributed by atoms with Gasteiger partial charge in [-0.25, -0.2) is 0 Å². The topological polar surface area (TPSA) is 55.2 Å². The highest BCUT2D eigenvalue weighted by Crippen LogP contribution is 2.20. The molecule has 0 spiro atoms. The van der Waals surface area contributed by atoms with E-state index in [0.717, 1.165) is 17.7 Å². The van der Waals surface area contributed by atoms with Crippen LogP contribution in [0, 0.1) is 10.1 Å². The first-order chi connectivity index (χ1) is 8.58. The van der Waals surface area contributed by atoms with Crippen molar-refractivity contribution >= 4 is 17.4 Å². The minimum atomic E-state index is -0.352. The van der Waals surface area contributed by atoms with Crippen molar-refractivity contribution in [3.05, 3.63) is 39.9 Å². The summed E-state index contributed by atoms with van der Waals surface area (Å²) in [4.78, 5) is 10.4. The summed E-state index contributed by atoms with van der Waals surface area (Å²) in [5, 5.41) is 14.2. The normalized spacial score (nSPS) is 14.2. The van der Waals surface area contributed by atoms with Gasteiger partial charge in [-0.2, -0.15) is 11.8 Å². The number of nitro benzene ring substituents is 1. The molecule has 0 aliphatic heterocycles. The van der Waals surface area contributed by atoms with E-state index in [1.54, 1.807) is 12.1 Å². The Labute approximate surface area is 112 Å². The standard InChI is InChI=1S/C13H20N2O2S/c1-4-12(9-18-3)14-10(2)11-6-5-7-13(8-11)15(16)17/h5-8,10,12,14H,4,9H2,1-3H3. The monoisotopic (exact) mass is 268 g/mol. The van der Waals surface area contributed by atoms with Crippen molar-refractivity contribution in [1.29, 1.82) is 0 Å². The predicted octanol–water partition coefficient (Wildman–Crippen LogP) is 3.39. The first-order valence-corrected chi connectivity index (χ1v) is 7.47. The van der Waals surface area contributed by atoms with Crippen LogP contribution < -0.4 is 5.32 Å². The molecule has 0 aliphatic rings. The lowest BCUT2D eigenvalue weighted by atomic mass is 10.1. The fraction of sp³-hybridized carbons (Fsp3) is 0.538. The maximum atomic E-state index is 10.7. The Hall–Kier alpha value is -1.07. The van der Waals surface area contributed by atoms with Gasteiger partial charge in [0.15, 0.2) is 0 Å². The SMILES string of the molecule is CCC(CSC)NC(C)c1cccc([N+](=O)[O-])c1. The molecule has 0 saturated heterocycles. The van der Waals surface area contributed by atoms with E-state index in [-0.39, 0.29) is 16.7 Å². The van der Waals surface area contributed by atoms with Gasteiger partial charge >= 0.3 is 0 Å². The minimum absolute atomic E-state index is 0.127. The summed E-state index contributed by atoms with van der Waals surface area (Å²) in [7, 11) is 0. The highest BCUT2D eigenvalue weighted by atomic mass is 32.2. The van der Waals surface area contributed by atoms with Crippen LogP contribution in [0.2, 0.25) is 0 Å². The van der Waals surface area contributed by atoms with Gasteiger partial charge in [0.1, 0.15) is 0 Å². The molecule has 1 aromatic carbocycles. The summed E-state index contributed by atoms with van der Waals surface area (Å²) in [6, 6.07) is 7.40. The number of nitrogens with zero attached hydrogens (tertiary/aromatic N) is 1. The van der Waals surface area contributed by atoms with Gasteiger partial charge in [0.05, 0.1) is 4.92 Å². The largest absolute Gasteiger partial charge is 0.307 e. The van der Waals surface area contributed by atoms with Crippen molar-refractivity contribution in [2.45, 2.75) is 32.4 Å². The summed E-state index contributed by atoms with van der Waals surface area (Å²) in [5.74, 6) is 1.05. The van der Waals surface area contributed by atoms with Crippen molar-refractivity contribution in [3.8, 4) is 0 Å². The third-order valence-corrected chi connectivity index (χ3v) is 3.66. The maximum absolute atomic E-state index is 10.7. The average molecular weight is 268 g/mol. The van der Waals surface area contributed by atoms with E-state index in [1.807, 2.05) is 24.8 Å². The lowest BCUT2D eigenvalue weighted by molar-refractivity contribution is -0.384.